The molecule has 0 bridgehead atoms. The van der Waals surface area contributed by atoms with Crippen LogP contribution in [-0.2, 0) is 19.4 Å². The minimum atomic E-state index is 0.442. The van der Waals surface area contributed by atoms with Gasteiger partial charge in [0.2, 0.25) is 0 Å². The summed E-state index contributed by atoms with van der Waals surface area (Å²) in [4.78, 5) is 0. The van der Waals surface area contributed by atoms with Crippen LogP contribution in [0.25, 0.3) is 0 Å². The standard InChI is InChI=1S/C14H15N3/c1-2-14-13(8-9-15)10-16-17(14)11-12-6-4-3-5-7-12/h3-7,10H,2,8,11H2,1H3. The zero-order valence-electron chi connectivity index (χ0n) is 9.93. The van der Waals surface area contributed by atoms with Crippen molar-refractivity contribution in [2.24, 2.45) is 0 Å². The van der Waals surface area contributed by atoms with Gasteiger partial charge in [-0.25, -0.2) is 0 Å². The van der Waals surface area contributed by atoms with Crippen LogP contribution in [0.5, 0.6) is 0 Å². The van der Waals surface area contributed by atoms with Gasteiger partial charge in [0.25, 0.3) is 0 Å². The lowest BCUT2D eigenvalue weighted by molar-refractivity contribution is 0.648. The molecule has 0 aliphatic rings. The van der Waals surface area contributed by atoms with Crippen molar-refractivity contribution in [3.63, 3.8) is 0 Å². The van der Waals surface area contributed by atoms with E-state index >= 15 is 0 Å². The Bertz CT molecular complexity index is 520. The van der Waals surface area contributed by atoms with Gasteiger partial charge in [0, 0.05) is 11.3 Å². The third-order valence-electron chi connectivity index (χ3n) is 2.81. The van der Waals surface area contributed by atoms with Crippen LogP contribution < -0.4 is 0 Å². The largest absolute Gasteiger partial charge is 0.265 e. The number of nitriles is 1. The fourth-order valence-corrected chi connectivity index (χ4v) is 1.98. The second kappa shape index (κ2) is 5.31. The van der Waals surface area contributed by atoms with Gasteiger partial charge in [-0.1, -0.05) is 37.3 Å². The molecule has 0 N–H and O–H groups in total. The predicted octanol–water partition coefficient (Wildman–Crippen LogP) is 2.56. The molecule has 0 amide bonds. The molecule has 1 aromatic heterocycles. The van der Waals surface area contributed by atoms with Gasteiger partial charge in [-0.2, -0.15) is 10.4 Å². The first kappa shape index (κ1) is 11.4. The Hall–Kier alpha value is -2.08. The second-order valence-corrected chi connectivity index (χ2v) is 3.95. The average molecular weight is 225 g/mol. The van der Waals surface area contributed by atoms with E-state index in [4.69, 9.17) is 5.26 Å². The predicted molar refractivity (Wildman–Crippen MR) is 66.5 cm³/mol. The molecule has 0 aliphatic carbocycles. The smallest absolute Gasteiger partial charge is 0.0671 e. The molecule has 17 heavy (non-hydrogen) atoms. The summed E-state index contributed by atoms with van der Waals surface area (Å²) in [5.74, 6) is 0. The van der Waals surface area contributed by atoms with E-state index in [-0.39, 0.29) is 0 Å². The fourth-order valence-electron chi connectivity index (χ4n) is 1.98. The number of hydrogen-bond acceptors (Lipinski definition) is 2. The van der Waals surface area contributed by atoms with Gasteiger partial charge in [-0.05, 0) is 12.0 Å². The molecule has 0 unspecified atom stereocenters. The minimum absolute atomic E-state index is 0.442. The van der Waals surface area contributed by atoms with Crippen LogP contribution >= 0.6 is 0 Å². The summed E-state index contributed by atoms with van der Waals surface area (Å²) in [6, 6.07) is 12.4. The number of nitrogens with zero attached hydrogens (tertiary/aromatic N) is 3. The first-order valence-electron chi connectivity index (χ1n) is 5.79. The van der Waals surface area contributed by atoms with Crippen molar-refractivity contribution in [2.45, 2.75) is 26.3 Å². The first-order valence-corrected chi connectivity index (χ1v) is 5.79. The average Bonchev–Trinajstić information content (AvgIpc) is 2.73. The fraction of sp³-hybridized carbons (Fsp3) is 0.286. The Kier molecular flexibility index (Phi) is 3.56. The maximum absolute atomic E-state index is 8.75. The highest BCUT2D eigenvalue weighted by Gasteiger charge is 2.08. The molecule has 2 rings (SSSR count). The highest BCUT2D eigenvalue weighted by atomic mass is 15.3. The number of hydrogen-bond donors (Lipinski definition) is 0. The lowest BCUT2D eigenvalue weighted by Crippen LogP contribution is -2.06. The van der Waals surface area contributed by atoms with Gasteiger partial charge in [-0.15, -0.1) is 0 Å². The quantitative estimate of drug-likeness (QED) is 0.802. The molecule has 0 fully saturated rings. The molecule has 86 valence electrons. The second-order valence-electron chi connectivity index (χ2n) is 3.95. The van der Waals surface area contributed by atoms with Crippen LogP contribution in [0.15, 0.2) is 36.5 Å². The van der Waals surface area contributed by atoms with Crippen molar-refractivity contribution in [2.75, 3.05) is 0 Å². The molecule has 2 aromatic rings. The van der Waals surface area contributed by atoms with E-state index in [1.54, 1.807) is 0 Å². The first-order chi connectivity index (χ1) is 8.35. The third-order valence-corrected chi connectivity index (χ3v) is 2.81. The maximum atomic E-state index is 8.75. The topological polar surface area (TPSA) is 41.6 Å². The van der Waals surface area contributed by atoms with Crippen molar-refractivity contribution in [3.8, 4) is 6.07 Å². The van der Waals surface area contributed by atoms with Gasteiger partial charge in [0.05, 0.1) is 25.2 Å². The SMILES string of the molecule is CCc1c(CC#N)cnn1Cc1ccccc1. The molecule has 0 spiro atoms. The van der Waals surface area contributed by atoms with Gasteiger partial charge >= 0.3 is 0 Å². The minimum Gasteiger partial charge on any atom is -0.265 e. The normalized spacial score (nSPS) is 10.1. The zero-order chi connectivity index (χ0) is 12.1. The van der Waals surface area contributed by atoms with Gasteiger partial charge in [0.1, 0.15) is 0 Å². The van der Waals surface area contributed by atoms with E-state index in [9.17, 15) is 0 Å². The van der Waals surface area contributed by atoms with Crippen LogP contribution in [-0.4, -0.2) is 9.78 Å². The molecule has 0 saturated heterocycles. The molecular formula is C14H15N3. The van der Waals surface area contributed by atoms with Crippen LogP contribution in [0.1, 0.15) is 23.7 Å². The van der Waals surface area contributed by atoms with Crippen molar-refractivity contribution >= 4 is 0 Å². The number of benzene rings is 1. The third kappa shape index (κ3) is 2.54. The van der Waals surface area contributed by atoms with E-state index < -0.39 is 0 Å². The monoisotopic (exact) mass is 225 g/mol. The van der Waals surface area contributed by atoms with Gasteiger partial charge in [0.15, 0.2) is 0 Å². The van der Waals surface area contributed by atoms with Gasteiger partial charge < -0.3 is 0 Å². The van der Waals surface area contributed by atoms with Crippen molar-refractivity contribution in [1.82, 2.24) is 9.78 Å². The summed E-state index contributed by atoms with van der Waals surface area (Å²) in [5, 5.41) is 13.1. The molecule has 1 heterocycles. The Labute approximate surface area is 101 Å². The Balaban J connectivity index is 2.25. The summed E-state index contributed by atoms with van der Waals surface area (Å²) in [5.41, 5.74) is 3.44. The molecule has 0 saturated carbocycles. The molecule has 0 radical (unpaired) electrons. The Morgan fingerprint density at radius 3 is 2.71 bits per heavy atom. The van der Waals surface area contributed by atoms with Gasteiger partial charge in [-0.3, -0.25) is 4.68 Å². The molecule has 3 heteroatoms. The molecule has 0 aliphatic heterocycles. The van der Waals surface area contributed by atoms with E-state index in [1.165, 1.54) is 5.56 Å². The van der Waals surface area contributed by atoms with Crippen LogP contribution in [0.4, 0.5) is 0 Å². The highest BCUT2D eigenvalue weighted by molar-refractivity contribution is 5.23. The Morgan fingerprint density at radius 2 is 2.06 bits per heavy atom. The van der Waals surface area contributed by atoms with E-state index in [1.807, 2.05) is 29.1 Å². The van der Waals surface area contributed by atoms with Crippen molar-refractivity contribution in [3.05, 3.63) is 53.3 Å². The van der Waals surface area contributed by atoms with Crippen molar-refractivity contribution in [1.29, 1.82) is 5.26 Å². The van der Waals surface area contributed by atoms with Crippen molar-refractivity contribution < 1.29 is 0 Å². The van der Waals surface area contributed by atoms with E-state index in [0.717, 1.165) is 24.2 Å². The lowest BCUT2D eigenvalue weighted by atomic mass is 10.1. The molecule has 0 atom stereocenters. The zero-order valence-corrected chi connectivity index (χ0v) is 9.93. The Morgan fingerprint density at radius 1 is 1.29 bits per heavy atom. The van der Waals surface area contributed by atoms with E-state index in [0.29, 0.717) is 6.42 Å². The maximum Gasteiger partial charge on any atom is 0.0671 e. The molecular weight excluding hydrogens is 210 g/mol. The van der Waals surface area contributed by atoms with Crippen LogP contribution in [0.2, 0.25) is 0 Å². The summed E-state index contributed by atoms with van der Waals surface area (Å²) < 4.78 is 1.99. The summed E-state index contributed by atoms with van der Waals surface area (Å²) >= 11 is 0. The van der Waals surface area contributed by atoms with E-state index in [2.05, 4.69) is 30.2 Å². The van der Waals surface area contributed by atoms with Crippen LogP contribution in [0, 0.1) is 11.3 Å². The number of aromatic nitrogens is 2. The summed E-state index contributed by atoms with van der Waals surface area (Å²) in [7, 11) is 0. The number of rotatable bonds is 4. The summed E-state index contributed by atoms with van der Waals surface area (Å²) in [6.45, 7) is 2.87. The summed E-state index contributed by atoms with van der Waals surface area (Å²) in [6.07, 6.45) is 3.16. The molecule has 1 aromatic carbocycles. The van der Waals surface area contributed by atoms with Crippen LogP contribution in [0.3, 0.4) is 0 Å². The highest BCUT2D eigenvalue weighted by Crippen LogP contribution is 2.12. The molecule has 3 nitrogen and oxygen atoms in total. The lowest BCUT2D eigenvalue weighted by Gasteiger charge is -2.07.